The summed E-state index contributed by atoms with van der Waals surface area (Å²) in [5.41, 5.74) is 0.265. The van der Waals surface area contributed by atoms with E-state index in [0.29, 0.717) is 31.4 Å². The number of carbonyl (C=O) groups excluding carboxylic acids is 1. The number of fused-ring (bicyclic) bond motifs is 2. The zero-order valence-electron chi connectivity index (χ0n) is 17.5. The molecule has 2 aromatic heterocycles. The van der Waals surface area contributed by atoms with Crippen LogP contribution in [0.2, 0.25) is 0 Å². The van der Waals surface area contributed by atoms with Crippen LogP contribution >= 0.6 is 0 Å². The van der Waals surface area contributed by atoms with Gasteiger partial charge in [-0.05, 0) is 55.4 Å². The van der Waals surface area contributed by atoms with E-state index in [1.807, 2.05) is 0 Å². The zero-order valence-corrected chi connectivity index (χ0v) is 17.5. The molecule has 0 atom stereocenters. The van der Waals surface area contributed by atoms with Crippen molar-refractivity contribution < 1.29 is 23.1 Å². The number of carbonyl (C=O) groups is 1. The van der Waals surface area contributed by atoms with Crippen molar-refractivity contribution in [3.63, 3.8) is 0 Å². The molecule has 33 heavy (non-hydrogen) atoms. The molecule has 0 spiro atoms. The summed E-state index contributed by atoms with van der Waals surface area (Å²) in [4.78, 5) is 20.3. The number of rotatable bonds is 5. The van der Waals surface area contributed by atoms with E-state index in [0.717, 1.165) is 23.9 Å². The Hall–Kier alpha value is -3.40. The van der Waals surface area contributed by atoms with Gasteiger partial charge in [0.25, 0.3) is 5.91 Å². The van der Waals surface area contributed by atoms with Gasteiger partial charge < -0.3 is 10.4 Å². The van der Waals surface area contributed by atoms with E-state index < -0.39 is 28.8 Å². The van der Waals surface area contributed by atoms with Crippen LogP contribution in [0.15, 0.2) is 30.5 Å². The summed E-state index contributed by atoms with van der Waals surface area (Å²) in [7, 11) is 0. The Morgan fingerprint density at radius 2 is 1.82 bits per heavy atom. The molecule has 1 saturated carbocycles. The van der Waals surface area contributed by atoms with Gasteiger partial charge in [-0.15, -0.1) is 5.10 Å². The summed E-state index contributed by atoms with van der Waals surface area (Å²) in [5, 5.41) is 19.8. The predicted octanol–water partition coefficient (Wildman–Crippen LogP) is 3.03. The van der Waals surface area contributed by atoms with E-state index in [2.05, 4.69) is 25.5 Å². The molecule has 6 rings (SSSR count). The summed E-state index contributed by atoms with van der Waals surface area (Å²) in [6, 6.07) is 5.23. The maximum atomic E-state index is 15.0. The second-order valence-corrected chi connectivity index (χ2v) is 8.36. The number of aliphatic hydroxyl groups excluding tert-OH is 1. The van der Waals surface area contributed by atoms with Crippen LogP contribution in [0.25, 0.3) is 11.3 Å². The van der Waals surface area contributed by atoms with Crippen LogP contribution in [-0.4, -0.2) is 44.3 Å². The van der Waals surface area contributed by atoms with Gasteiger partial charge in [-0.2, -0.15) is 5.10 Å². The molecule has 2 bridgehead atoms. The predicted molar refractivity (Wildman–Crippen MR) is 111 cm³/mol. The van der Waals surface area contributed by atoms with Gasteiger partial charge in [-0.25, -0.2) is 23.1 Å². The average Bonchev–Trinajstić information content (AvgIpc) is 2.83. The van der Waals surface area contributed by atoms with E-state index in [1.165, 1.54) is 6.07 Å². The summed E-state index contributed by atoms with van der Waals surface area (Å²) in [6.07, 6.45) is 3.50. The van der Waals surface area contributed by atoms with E-state index in [4.69, 9.17) is 5.11 Å². The molecule has 0 unspecified atom stereocenters. The summed E-state index contributed by atoms with van der Waals surface area (Å²) >= 11 is 0. The molecule has 170 valence electrons. The summed E-state index contributed by atoms with van der Waals surface area (Å²) in [5.74, 6) is -2.85. The fraction of sp³-hybridized carbons (Fsp3) is 0.348. The number of halogens is 3. The Labute approximate surface area is 187 Å². The van der Waals surface area contributed by atoms with Crippen LogP contribution in [0.5, 0.6) is 0 Å². The Balaban J connectivity index is 1.62. The first-order chi connectivity index (χ1) is 15.9. The Morgan fingerprint density at radius 3 is 2.52 bits per heavy atom. The van der Waals surface area contributed by atoms with E-state index >= 15 is 4.39 Å². The largest absolute Gasteiger partial charge is 0.395 e. The normalized spacial score (nSPS) is 21.0. The van der Waals surface area contributed by atoms with Crippen LogP contribution in [0, 0.1) is 17.5 Å². The van der Waals surface area contributed by atoms with Gasteiger partial charge in [-0.3, -0.25) is 4.79 Å². The van der Waals surface area contributed by atoms with Crippen LogP contribution < -0.4 is 5.32 Å². The Bertz CT molecular complexity index is 1220. The Morgan fingerprint density at radius 1 is 1.09 bits per heavy atom. The maximum absolute atomic E-state index is 15.0. The number of benzene rings is 1. The van der Waals surface area contributed by atoms with Crippen molar-refractivity contribution in [3.05, 3.63) is 70.7 Å². The van der Waals surface area contributed by atoms with Crippen LogP contribution in [-0.2, 0) is 5.41 Å². The molecule has 0 aliphatic heterocycles. The van der Waals surface area contributed by atoms with Crippen molar-refractivity contribution in [3.8, 4) is 11.3 Å². The lowest BCUT2D eigenvalue weighted by Gasteiger charge is -2.46. The maximum Gasteiger partial charge on any atom is 0.289 e. The highest BCUT2D eigenvalue weighted by molar-refractivity contribution is 5.90. The minimum Gasteiger partial charge on any atom is -0.395 e. The zero-order chi connectivity index (χ0) is 23.2. The molecule has 3 aliphatic carbocycles. The van der Waals surface area contributed by atoms with Gasteiger partial charge in [0.1, 0.15) is 11.6 Å². The highest BCUT2D eigenvalue weighted by atomic mass is 19.1. The number of hydrogen-bond donors (Lipinski definition) is 2. The van der Waals surface area contributed by atoms with Crippen LogP contribution in [0.4, 0.5) is 13.2 Å². The van der Waals surface area contributed by atoms with Crippen molar-refractivity contribution in [2.45, 2.75) is 37.0 Å². The number of amides is 1. The lowest BCUT2D eigenvalue weighted by atomic mass is 9.58. The monoisotopic (exact) mass is 455 g/mol. The molecule has 10 heteroatoms. The molecule has 1 fully saturated rings. The molecule has 3 aliphatic rings. The highest BCUT2D eigenvalue weighted by Gasteiger charge is 2.50. The molecule has 2 N–H and O–H groups in total. The molecule has 1 aromatic carbocycles. The van der Waals surface area contributed by atoms with Gasteiger partial charge in [0, 0.05) is 6.54 Å². The summed E-state index contributed by atoms with van der Waals surface area (Å²) in [6.45, 7) is -0.232. The SMILES string of the molecule is O=C(NCCO)c1ncc(F)c(C23CCC(CC2)c2cc(-c4c(F)cccc4F)nnc23)n1. The lowest BCUT2D eigenvalue weighted by molar-refractivity contribution is 0.0933. The smallest absolute Gasteiger partial charge is 0.289 e. The van der Waals surface area contributed by atoms with Gasteiger partial charge in [0.15, 0.2) is 5.82 Å². The molecular formula is C23H20F3N5O2. The van der Waals surface area contributed by atoms with Crippen molar-refractivity contribution in [1.82, 2.24) is 25.5 Å². The highest BCUT2D eigenvalue weighted by Crippen LogP contribution is 2.55. The Kier molecular flexibility index (Phi) is 5.32. The number of hydrogen-bond acceptors (Lipinski definition) is 6. The molecule has 7 nitrogen and oxygen atoms in total. The number of nitrogens with zero attached hydrogens (tertiary/aromatic N) is 4. The molecule has 3 aromatic rings. The number of nitrogens with one attached hydrogen (secondary N) is 1. The summed E-state index contributed by atoms with van der Waals surface area (Å²) < 4.78 is 43.7. The molecule has 1 amide bonds. The van der Waals surface area contributed by atoms with Gasteiger partial charge in [0.2, 0.25) is 5.82 Å². The third-order valence-electron chi connectivity index (χ3n) is 6.57. The fourth-order valence-corrected chi connectivity index (χ4v) is 5.02. The van der Waals surface area contributed by atoms with Gasteiger partial charge in [0.05, 0.1) is 40.9 Å². The van der Waals surface area contributed by atoms with Crippen molar-refractivity contribution in [2.75, 3.05) is 13.2 Å². The lowest BCUT2D eigenvalue weighted by Crippen LogP contribution is -2.42. The third-order valence-corrected chi connectivity index (χ3v) is 6.57. The van der Waals surface area contributed by atoms with Crippen LogP contribution in [0.3, 0.4) is 0 Å². The minimum absolute atomic E-state index is 0.0193. The average molecular weight is 455 g/mol. The fourth-order valence-electron chi connectivity index (χ4n) is 5.02. The molecule has 0 saturated heterocycles. The second-order valence-electron chi connectivity index (χ2n) is 8.36. The molecule has 2 heterocycles. The van der Waals surface area contributed by atoms with Gasteiger partial charge in [-0.1, -0.05) is 6.07 Å². The van der Waals surface area contributed by atoms with E-state index in [1.54, 1.807) is 6.07 Å². The number of aliphatic hydroxyl groups is 1. The van der Waals surface area contributed by atoms with Gasteiger partial charge >= 0.3 is 0 Å². The first-order valence-corrected chi connectivity index (χ1v) is 10.7. The molecule has 0 radical (unpaired) electrons. The molecular weight excluding hydrogens is 435 g/mol. The quantitative estimate of drug-likeness (QED) is 0.614. The standard InChI is InChI=1S/C23H20F3N5O2/c24-14-2-1-3-15(25)18(14)17-10-13-12-4-6-23(7-5-12,19(13)31-30-17)20-16(26)11-28-21(29-20)22(33)27-8-9-32/h1-3,10-12,32H,4-9H2,(H,27,33). The van der Waals surface area contributed by atoms with E-state index in [9.17, 15) is 13.6 Å². The minimum atomic E-state index is -0.914. The van der Waals surface area contributed by atoms with Crippen molar-refractivity contribution in [1.29, 1.82) is 0 Å². The van der Waals surface area contributed by atoms with E-state index in [-0.39, 0.29) is 41.8 Å². The first-order valence-electron chi connectivity index (χ1n) is 10.7. The topological polar surface area (TPSA) is 101 Å². The third kappa shape index (κ3) is 3.45. The first kappa shape index (κ1) is 21.4. The van der Waals surface area contributed by atoms with Crippen LogP contribution in [0.1, 0.15) is 59.2 Å². The van der Waals surface area contributed by atoms with Crippen molar-refractivity contribution >= 4 is 5.91 Å². The second kappa shape index (κ2) is 8.18. The van der Waals surface area contributed by atoms with Crippen molar-refractivity contribution in [2.24, 2.45) is 0 Å². The number of aromatic nitrogens is 4.